The van der Waals surface area contributed by atoms with Crippen LogP contribution in [0.15, 0.2) is 64.3 Å². The average molecular weight is 416 g/mol. The number of nitrogens with zero attached hydrogens (tertiary/aromatic N) is 1. The van der Waals surface area contributed by atoms with Crippen LogP contribution in [0.25, 0.3) is 0 Å². The Morgan fingerprint density at radius 3 is 2.65 bits per heavy atom. The lowest BCUT2D eigenvalue weighted by Crippen LogP contribution is -2.29. The normalized spacial score (nSPS) is 20.1. The molecule has 2 heterocycles. The summed E-state index contributed by atoms with van der Waals surface area (Å²) in [6, 6.07) is 15.1. The van der Waals surface area contributed by atoms with E-state index in [2.05, 4.69) is 10.5 Å². The van der Waals surface area contributed by atoms with E-state index in [0.29, 0.717) is 25.3 Å². The van der Waals surface area contributed by atoms with E-state index in [1.54, 1.807) is 12.1 Å². The molecule has 158 valence electrons. The van der Waals surface area contributed by atoms with Gasteiger partial charge in [-0.2, -0.15) is 0 Å². The molecule has 6 heteroatoms. The number of aromatic hydroxyl groups is 1. The number of nitrogens with one attached hydrogen (secondary N) is 1. The molecule has 0 amide bonds. The Balaban J connectivity index is 1.65. The van der Waals surface area contributed by atoms with E-state index >= 15 is 0 Å². The van der Waals surface area contributed by atoms with E-state index in [4.69, 9.17) is 9.26 Å². The number of allylic oxidation sites excluding steroid dienone is 2. The number of aryl methyl sites for hydroxylation is 1. The summed E-state index contributed by atoms with van der Waals surface area (Å²) in [6.45, 7) is 4.37. The lowest BCUT2D eigenvalue weighted by Gasteiger charge is -2.35. The third-order valence-corrected chi connectivity index (χ3v) is 6.16. The van der Waals surface area contributed by atoms with Crippen molar-refractivity contribution in [1.82, 2.24) is 5.16 Å². The Labute approximate surface area is 180 Å². The number of anilines is 1. The number of phenolic OH excluding ortho intramolecular Hbond substituents is 1. The molecule has 5 rings (SSSR count). The van der Waals surface area contributed by atoms with Crippen LogP contribution in [-0.4, -0.2) is 22.7 Å². The third kappa shape index (κ3) is 3.19. The monoisotopic (exact) mass is 416 g/mol. The van der Waals surface area contributed by atoms with Crippen molar-refractivity contribution in [2.24, 2.45) is 0 Å². The summed E-state index contributed by atoms with van der Waals surface area (Å²) in [4.78, 5) is 13.5. The molecule has 0 saturated heterocycles. The number of hydrogen-bond acceptors (Lipinski definition) is 6. The Morgan fingerprint density at radius 2 is 1.87 bits per heavy atom. The van der Waals surface area contributed by atoms with Gasteiger partial charge in [-0.15, -0.1) is 0 Å². The van der Waals surface area contributed by atoms with Gasteiger partial charge in [0, 0.05) is 29.2 Å². The van der Waals surface area contributed by atoms with Crippen LogP contribution in [0.4, 0.5) is 5.88 Å². The Hall–Kier alpha value is -3.54. The zero-order chi connectivity index (χ0) is 21.5. The SMILES string of the molecule is CCOc1ccccc1C1C2=C(CC(c3ccccc3O)CC2=O)Nc2onc(C)c21. The summed E-state index contributed by atoms with van der Waals surface area (Å²) in [5.74, 6) is 1.19. The standard InChI is InChI=1S/C25H24N2O4/c1-3-30-21-11-7-5-9-17(21)23-22-14(2)27-31-25(22)26-18-12-15(13-20(29)24(18)23)16-8-4-6-10-19(16)28/h4-11,15,23,26,28H,3,12-13H2,1-2H3. The fourth-order valence-electron chi connectivity index (χ4n) is 4.84. The molecule has 0 bridgehead atoms. The largest absolute Gasteiger partial charge is 0.508 e. The number of benzene rings is 2. The minimum atomic E-state index is -0.307. The molecule has 2 aromatic carbocycles. The second kappa shape index (κ2) is 7.61. The summed E-state index contributed by atoms with van der Waals surface area (Å²) in [5.41, 5.74) is 4.90. The predicted molar refractivity (Wildman–Crippen MR) is 116 cm³/mol. The second-order valence-electron chi connectivity index (χ2n) is 8.02. The van der Waals surface area contributed by atoms with Crippen molar-refractivity contribution in [3.8, 4) is 11.5 Å². The van der Waals surface area contributed by atoms with E-state index < -0.39 is 0 Å². The lowest BCUT2D eigenvalue weighted by molar-refractivity contribution is -0.116. The highest BCUT2D eigenvalue weighted by molar-refractivity contribution is 6.01. The van der Waals surface area contributed by atoms with Crippen molar-refractivity contribution < 1.29 is 19.2 Å². The number of carbonyl (C=O) groups is 1. The average Bonchev–Trinajstić information content (AvgIpc) is 3.13. The smallest absolute Gasteiger partial charge is 0.233 e. The molecule has 2 atom stereocenters. The maximum Gasteiger partial charge on any atom is 0.233 e. The maximum absolute atomic E-state index is 13.5. The molecule has 0 saturated carbocycles. The summed E-state index contributed by atoms with van der Waals surface area (Å²) in [6.07, 6.45) is 0.941. The molecule has 2 N–H and O–H groups in total. The van der Waals surface area contributed by atoms with Gasteiger partial charge in [-0.05, 0) is 38.0 Å². The first kappa shape index (κ1) is 19.4. The van der Waals surface area contributed by atoms with Gasteiger partial charge in [0.25, 0.3) is 0 Å². The van der Waals surface area contributed by atoms with Gasteiger partial charge < -0.3 is 19.7 Å². The van der Waals surface area contributed by atoms with Crippen LogP contribution in [-0.2, 0) is 4.79 Å². The number of fused-ring (bicyclic) bond motifs is 1. The first-order valence-electron chi connectivity index (χ1n) is 10.6. The van der Waals surface area contributed by atoms with E-state index in [-0.39, 0.29) is 23.4 Å². The van der Waals surface area contributed by atoms with Crippen molar-refractivity contribution in [3.05, 3.63) is 82.2 Å². The Morgan fingerprint density at radius 1 is 1.13 bits per heavy atom. The van der Waals surface area contributed by atoms with Crippen LogP contribution in [0.2, 0.25) is 0 Å². The maximum atomic E-state index is 13.5. The molecule has 0 spiro atoms. The molecular formula is C25H24N2O4. The first-order valence-corrected chi connectivity index (χ1v) is 10.6. The second-order valence-corrected chi connectivity index (χ2v) is 8.02. The minimum Gasteiger partial charge on any atom is -0.508 e. The zero-order valence-electron chi connectivity index (χ0n) is 17.5. The van der Waals surface area contributed by atoms with Crippen molar-refractivity contribution in [1.29, 1.82) is 0 Å². The topological polar surface area (TPSA) is 84.6 Å². The van der Waals surface area contributed by atoms with Gasteiger partial charge in [0.2, 0.25) is 5.88 Å². The van der Waals surface area contributed by atoms with Gasteiger partial charge in [-0.1, -0.05) is 41.6 Å². The van der Waals surface area contributed by atoms with Crippen LogP contribution >= 0.6 is 0 Å². The van der Waals surface area contributed by atoms with E-state index in [9.17, 15) is 9.90 Å². The van der Waals surface area contributed by atoms with Gasteiger partial charge in [0.05, 0.1) is 23.8 Å². The molecule has 2 unspecified atom stereocenters. The molecule has 2 aliphatic rings. The molecule has 1 aromatic heterocycles. The minimum absolute atomic E-state index is 0.0598. The van der Waals surface area contributed by atoms with Gasteiger partial charge in [0.15, 0.2) is 5.78 Å². The van der Waals surface area contributed by atoms with E-state index in [1.165, 1.54) is 0 Å². The molecule has 1 aliphatic carbocycles. The van der Waals surface area contributed by atoms with Crippen LogP contribution in [0, 0.1) is 6.92 Å². The number of ketones is 1. The molecule has 0 radical (unpaired) electrons. The van der Waals surface area contributed by atoms with Gasteiger partial charge >= 0.3 is 0 Å². The van der Waals surface area contributed by atoms with Gasteiger partial charge in [-0.25, -0.2) is 0 Å². The number of hydrogen-bond donors (Lipinski definition) is 2. The summed E-state index contributed by atoms with van der Waals surface area (Å²) in [5, 5.41) is 17.8. The third-order valence-electron chi connectivity index (χ3n) is 6.16. The van der Waals surface area contributed by atoms with Crippen LogP contribution in [0.1, 0.15) is 54.0 Å². The van der Waals surface area contributed by atoms with Crippen LogP contribution < -0.4 is 10.1 Å². The van der Waals surface area contributed by atoms with Crippen molar-refractivity contribution in [2.75, 3.05) is 11.9 Å². The molecule has 3 aromatic rings. The van der Waals surface area contributed by atoms with Gasteiger partial charge in [0.1, 0.15) is 11.5 Å². The number of ether oxygens (including phenoxy) is 1. The lowest BCUT2D eigenvalue weighted by atomic mass is 9.72. The summed E-state index contributed by atoms with van der Waals surface area (Å²) in [7, 11) is 0. The Kier molecular flexibility index (Phi) is 4.77. The molecular weight excluding hydrogens is 392 g/mol. The first-order chi connectivity index (χ1) is 15.1. The van der Waals surface area contributed by atoms with Crippen molar-refractivity contribution in [2.45, 2.75) is 38.5 Å². The fraction of sp³-hybridized carbons (Fsp3) is 0.280. The quantitative estimate of drug-likeness (QED) is 0.619. The summed E-state index contributed by atoms with van der Waals surface area (Å²) >= 11 is 0. The zero-order valence-corrected chi connectivity index (χ0v) is 17.5. The van der Waals surface area contributed by atoms with E-state index in [0.717, 1.165) is 39.4 Å². The molecule has 6 nitrogen and oxygen atoms in total. The number of rotatable bonds is 4. The van der Waals surface area contributed by atoms with E-state index in [1.807, 2.05) is 50.2 Å². The highest BCUT2D eigenvalue weighted by Gasteiger charge is 2.42. The van der Waals surface area contributed by atoms with Crippen molar-refractivity contribution >= 4 is 11.7 Å². The van der Waals surface area contributed by atoms with Crippen molar-refractivity contribution in [3.63, 3.8) is 0 Å². The number of phenols is 1. The highest BCUT2D eigenvalue weighted by Crippen LogP contribution is 2.51. The number of Topliss-reactive ketones (excluding diaryl/α,β-unsaturated/α-hetero) is 1. The number of carbonyl (C=O) groups excluding carboxylic acids is 1. The van der Waals surface area contributed by atoms with Crippen LogP contribution in [0.3, 0.4) is 0 Å². The molecule has 0 fully saturated rings. The van der Waals surface area contributed by atoms with Gasteiger partial charge in [-0.3, -0.25) is 4.79 Å². The summed E-state index contributed by atoms with van der Waals surface area (Å²) < 4.78 is 11.5. The van der Waals surface area contributed by atoms with Crippen LogP contribution in [0.5, 0.6) is 11.5 Å². The fourth-order valence-corrected chi connectivity index (χ4v) is 4.84. The predicted octanol–water partition coefficient (Wildman–Crippen LogP) is 5.05. The molecule has 31 heavy (non-hydrogen) atoms. The molecule has 1 aliphatic heterocycles. The Bertz CT molecular complexity index is 1190. The number of aromatic nitrogens is 1. The number of para-hydroxylation sites is 2. The highest BCUT2D eigenvalue weighted by atomic mass is 16.5.